The average molecular weight is 220 g/mol. The van der Waals surface area contributed by atoms with Gasteiger partial charge in [-0.05, 0) is 41.4 Å². The molecule has 0 radical (unpaired) electrons. The number of rotatable bonds is 2. The molecule has 0 aliphatic heterocycles. The summed E-state index contributed by atoms with van der Waals surface area (Å²) in [6.45, 7) is 12.8. The van der Waals surface area contributed by atoms with Gasteiger partial charge >= 0.3 is 0 Å². The molecule has 0 heterocycles. The minimum atomic E-state index is -0.00167. The van der Waals surface area contributed by atoms with E-state index < -0.39 is 0 Å². The molecule has 0 aliphatic rings. The summed E-state index contributed by atoms with van der Waals surface area (Å²) in [5.74, 6) is 1.01. The Hall–Kier alpha value is -0.980. The van der Waals surface area contributed by atoms with Crippen molar-refractivity contribution in [1.29, 1.82) is 0 Å². The van der Waals surface area contributed by atoms with Gasteiger partial charge in [0.15, 0.2) is 0 Å². The highest BCUT2D eigenvalue weighted by Crippen LogP contribution is 2.36. The average Bonchev–Trinajstić information content (AvgIpc) is 2.18. The third-order valence-electron chi connectivity index (χ3n) is 3.31. The predicted octanol–water partition coefficient (Wildman–Crippen LogP) is 4.51. The third-order valence-corrected chi connectivity index (χ3v) is 3.31. The SMILES string of the molecule is CCC(C)c1cc(C)c(O)c(C(C)(C)C)c1. The van der Waals surface area contributed by atoms with E-state index in [1.165, 1.54) is 5.56 Å². The monoisotopic (exact) mass is 220 g/mol. The lowest BCUT2D eigenvalue weighted by Gasteiger charge is -2.24. The van der Waals surface area contributed by atoms with Crippen molar-refractivity contribution in [3.8, 4) is 5.75 Å². The minimum absolute atomic E-state index is 0.00167. The van der Waals surface area contributed by atoms with Gasteiger partial charge in [0.1, 0.15) is 5.75 Å². The Morgan fingerprint density at radius 2 is 1.81 bits per heavy atom. The summed E-state index contributed by atoms with van der Waals surface area (Å²) in [6, 6.07) is 4.27. The maximum Gasteiger partial charge on any atom is 0.122 e. The molecular weight excluding hydrogens is 196 g/mol. The Bertz CT molecular complexity index is 372. The van der Waals surface area contributed by atoms with Crippen molar-refractivity contribution in [2.75, 3.05) is 0 Å². The molecule has 1 aromatic rings. The molecular formula is C15H24O. The van der Waals surface area contributed by atoms with Crippen molar-refractivity contribution in [3.05, 3.63) is 28.8 Å². The molecule has 0 spiro atoms. The molecule has 0 aliphatic carbocycles. The fourth-order valence-electron chi connectivity index (χ4n) is 1.90. The smallest absolute Gasteiger partial charge is 0.122 e. The van der Waals surface area contributed by atoms with Crippen molar-refractivity contribution in [1.82, 2.24) is 0 Å². The van der Waals surface area contributed by atoms with Gasteiger partial charge in [-0.15, -0.1) is 0 Å². The Labute approximate surface area is 99.5 Å². The fraction of sp³-hybridized carbons (Fsp3) is 0.600. The van der Waals surface area contributed by atoms with E-state index in [9.17, 15) is 5.11 Å². The van der Waals surface area contributed by atoms with Crippen LogP contribution in [0.5, 0.6) is 5.75 Å². The van der Waals surface area contributed by atoms with Gasteiger partial charge in [0, 0.05) is 0 Å². The molecule has 1 heteroatoms. The summed E-state index contributed by atoms with van der Waals surface area (Å²) >= 11 is 0. The van der Waals surface area contributed by atoms with Crippen LogP contribution in [0, 0.1) is 6.92 Å². The van der Waals surface area contributed by atoms with Crippen LogP contribution in [-0.4, -0.2) is 5.11 Å². The van der Waals surface area contributed by atoms with Crippen LogP contribution in [0.1, 0.15) is 63.6 Å². The largest absolute Gasteiger partial charge is 0.507 e. The van der Waals surface area contributed by atoms with Gasteiger partial charge in [0.25, 0.3) is 0 Å². The summed E-state index contributed by atoms with van der Waals surface area (Å²) in [4.78, 5) is 0. The highest BCUT2D eigenvalue weighted by atomic mass is 16.3. The molecule has 1 unspecified atom stereocenters. The number of hydrogen-bond acceptors (Lipinski definition) is 1. The molecule has 0 aromatic heterocycles. The number of aromatic hydroxyl groups is 1. The van der Waals surface area contributed by atoms with Crippen LogP contribution in [0.2, 0.25) is 0 Å². The van der Waals surface area contributed by atoms with Crippen LogP contribution in [0.25, 0.3) is 0 Å². The van der Waals surface area contributed by atoms with Crippen LogP contribution in [0.4, 0.5) is 0 Å². The molecule has 1 atom stereocenters. The first-order chi connectivity index (χ1) is 7.27. The van der Waals surface area contributed by atoms with E-state index in [2.05, 4.69) is 46.8 Å². The topological polar surface area (TPSA) is 20.2 Å². The zero-order valence-corrected chi connectivity index (χ0v) is 11.4. The van der Waals surface area contributed by atoms with Gasteiger partial charge < -0.3 is 5.11 Å². The standard InChI is InChI=1S/C15H24O/c1-7-10(2)12-8-11(3)14(16)13(9-12)15(4,5)6/h8-10,16H,7H2,1-6H3. The second kappa shape index (κ2) is 4.48. The van der Waals surface area contributed by atoms with E-state index >= 15 is 0 Å². The zero-order valence-electron chi connectivity index (χ0n) is 11.4. The number of phenolic OH excluding ortho intramolecular Hbond substituents is 1. The molecule has 0 amide bonds. The Morgan fingerprint density at radius 1 is 1.25 bits per heavy atom. The highest BCUT2D eigenvalue weighted by molar-refractivity contribution is 5.47. The van der Waals surface area contributed by atoms with Crippen LogP contribution < -0.4 is 0 Å². The molecule has 16 heavy (non-hydrogen) atoms. The molecule has 0 saturated heterocycles. The van der Waals surface area contributed by atoms with Crippen molar-refractivity contribution in [2.45, 2.75) is 59.3 Å². The van der Waals surface area contributed by atoms with E-state index in [1.807, 2.05) is 6.92 Å². The van der Waals surface area contributed by atoms with Crippen LogP contribution in [0.3, 0.4) is 0 Å². The van der Waals surface area contributed by atoms with E-state index in [1.54, 1.807) is 0 Å². The van der Waals surface area contributed by atoms with Gasteiger partial charge in [-0.25, -0.2) is 0 Å². The van der Waals surface area contributed by atoms with Crippen molar-refractivity contribution < 1.29 is 5.11 Å². The molecule has 1 aromatic carbocycles. The Kier molecular flexibility index (Phi) is 3.67. The third kappa shape index (κ3) is 2.58. The molecule has 90 valence electrons. The van der Waals surface area contributed by atoms with Crippen LogP contribution in [-0.2, 0) is 5.41 Å². The zero-order chi connectivity index (χ0) is 12.5. The second-order valence-corrected chi connectivity index (χ2v) is 5.79. The maximum atomic E-state index is 10.1. The Balaban J connectivity index is 3.33. The number of benzene rings is 1. The summed E-state index contributed by atoms with van der Waals surface area (Å²) < 4.78 is 0. The molecule has 1 rings (SSSR count). The Morgan fingerprint density at radius 3 is 2.25 bits per heavy atom. The first-order valence-electron chi connectivity index (χ1n) is 6.11. The van der Waals surface area contributed by atoms with Crippen molar-refractivity contribution >= 4 is 0 Å². The molecule has 0 bridgehead atoms. The normalized spacial score (nSPS) is 13.9. The van der Waals surface area contributed by atoms with E-state index in [0.717, 1.165) is 17.5 Å². The first-order valence-corrected chi connectivity index (χ1v) is 6.11. The van der Waals surface area contributed by atoms with Crippen LogP contribution in [0.15, 0.2) is 12.1 Å². The van der Waals surface area contributed by atoms with E-state index in [4.69, 9.17) is 0 Å². The number of phenols is 1. The van der Waals surface area contributed by atoms with Crippen LogP contribution >= 0.6 is 0 Å². The predicted molar refractivity (Wildman–Crippen MR) is 70.2 cm³/mol. The lowest BCUT2D eigenvalue weighted by molar-refractivity contribution is 0.442. The minimum Gasteiger partial charge on any atom is -0.507 e. The summed E-state index contributed by atoms with van der Waals surface area (Å²) in [5.41, 5.74) is 3.38. The summed E-state index contributed by atoms with van der Waals surface area (Å²) in [5, 5.41) is 10.1. The lowest BCUT2D eigenvalue weighted by atomic mass is 9.82. The quantitative estimate of drug-likeness (QED) is 0.777. The maximum absolute atomic E-state index is 10.1. The summed E-state index contributed by atoms with van der Waals surface area (Å²) in [7, 11) is 0. The van der Waals surface area contributed by atoms with Gasteiger partial charge in [-0.2, -0.15) is 0 Å². The van der Waals surface area contributed by atoms with Gasteiger partial charge in [-0.1, -0.05) is 46.8 Å². The summed E-state index contributed by atoms with van der Waals surface area (Å²) in [6.07, 6.45) is 1.13. The second-order valence-electron chi connectivity index (χ2n) is 5.79. The van der Waals surface area contributed by atoms with Gasteiger partial charge in [0.05, 0.1) is 0 Å². The van der Waals surface area contributed by atoms with Crippen molar-refractivity contribution in [3.63, 3.8) is 0 Å². The van der Waals surface area contributed by atoms with Gasteiger partial charge in [0.2, 0.25) is 0 Å². The molecule has 0 fully saturated rings. The lowest BCUT2D eigenvalue weighted by Crippen LogP contribution is -2.13. The molecule has 0 saturated carbocycles. The highest BCUT2D eigenvalue weighted by Gasteiger charge is 2.21. The fourth-order valence-corrected chi connectivity index (χ4v) is 1.90. The molecule has 1 N–H and O–H groups in total. The van der Waals surface area contributed by atoms with E-state index in [0.29, 0.717) is 11.7 Å². The number of hydrogen-bond donors (Lipinski definition) is 1. The number of aryl methyl sites for hydroxylation is 1. The van der Waals surface area contributed by atoms with Gasteiger partial charge in [-0.3, -0.25) is 0 Å². The van der Waals surface area contributed by atoms with Crippen molar-refractivity contribution in [2.24, 2.45) is 0 Å². The molecule has 1 nitrogen and oxygen atoms in total. The first kappa shape index (κ1) is 13.1. The van der Waals surface area contributed by atoms with E-state index in [-0.39, 0.29) is 5.41 Å².